The molecule has 0 aromatic heterocycles. The highest BCUT2D eigenvalue weighted by Gasteiger charge is 2.30. The van der Waals surface area contributed by atoms with E-state index in [4.69, 9.17) is 16.3 Å². The first-order valence-electron chi connectivity index (χ1n) is 10.2. The van der Waals surface area contributed by atoms with E-state index < -0.39 is 11.9 Å². The van der Waals surface area contributed by atoms with Gasteiger partial charge in [0.2, 0.25) is 11.8 Å². The number of halogens is 1. The topological polar surface area (TPSA) is 87.7 Å². The minimum absolute atomic E-state index is 0.0864. The second-order valence-electron chi connectivity index (χ2n) is 7.46. The molecule has 1 aliphatic rings. The zero-order valence-electron chi connectivity index (χ0n) is 17.6. The zero-order valence-corrected chi connectivity index (χ0v) is 18.3. The molecular weight excluding hydrogens is 418 g/mol. The summed E-state index contributed by atoms with van der Waals surface area (Å²) < 4.78 is 5.27. The predicted molar refractivity (Wildman–Crippen MR) is 119 cm³/mol. The van der Waals surface area contributed by atoms with Gasteiger partial charge in [0, 0.05) is 19.0 Å². The Balaban J connectivity index is 1.51. The number of ether oxygens (including phenoxy) is 1. The summed E-state index contributed by atoms with van der Waals surface area (Å²) in [6, 6.07) is 13.2. The van der Waals surface area contributed by atoms with Crippen LogP contribution in [0.4, 0.5) is 5.69 Å². The Morgan fingerprint density at radius 2 is 1.71 bits per heavy atom. The standard InChI is InChI=1S/C23H26ClN3O4/c1-15(25-22(29)17-7-3-4-8-18(17)24)23(30)27-13-11-16(12-14-27)21(28)26-19-9-5-6-10-20(19)31-2/h3-10,15-16H,11-14H2,1-2H3,(H,25,29)(H,26,28). The van der Waals surface area contributed by atoms with Crippen molar-refractivity contribution in [3.8, 4) is 5.75 Å². The maximum atomic E-state index is 12.8. The third kappa shape index (κ3) is 5.55. The Morgan fingerprint density at radius 3 is 2.39 bits per heavy atom. The van der Waals surface area contributed by atoms with Crippen molar-refractivity contribution in [2.24, 2.45) is 5.92 Å². The van der Waals surface area contributed by atoms with E-state index in [9.17, 15) is 14.4 Å². The fourth-order valence-corrected chi connectivity index (χ4v) is 3.82. The summed E-state index contributed by atoms with van der Waals surface area (Å²) in [5.41, 5.74) is 0.958. The van der Waals surface area contributed by atoms with Crippen LogP contribution in [0.2, 0.25) is 5.02 Å². The molecule has 0 radical (unpaired) electrons. The number of benzene rings is 2. The first kappa shape index (κ1) is 22.6. The lowest BCUT2D eigenvalue weighted by Gasteiger charge is -2.33. The molecule has 3 amide bonds. The van der Waals surface area contributed by atoms with Crippen molar-refractivity contribution in [3.63, 3.8) is 0 Å². The van der Waals surface area contributed by atoms with Crippen LogP contribution in [-0.4, -0.2) is 48.9 Å². The summed E-state index contributed by atoms with van der Waals surface area (Å²) in [5, 5.41) is 5.95. The molecule has 2 aromatic carbocycles. The highest BCUT2D eigenvalue weighted by molar-refractivity contribution is 6.33. The summed E-state index contributed by atoms with van der Waals surface area (Å²) >= 11 is 6.05. The van der Waals surface area contributed by atoms with Crippen LogP contribution >= 0.6 is 11.6 Å². The van der Waals surface area contributed by atoms with Gasteiger partial charge in [-0.25, -0.2) is 0 Å². The highest BCUT2D eigenvalue weighted by atomic mass is 35.5. The Morgan fingerprint density at radius 1 is 1.06 bits per heavy atom. The number of hydrogen-bond acceptors (Lipinski definition) is 4. The molecule has 1 atom stereocenters. The molecule has 0 bridgehead atoms. The molecule has 0 saturated carbocycles. The molecule has 3 rings (SSSR count). The number of para-hydroxylation sites is 2. The van der Waals surface area contributed by atoms with Crippen molar-refractivity contribution >= 4 is 35.0 Å². The number of rotatable bonds is 6. The second-order valence-corrected chi connectivity index (χ2v) is 7.87. The van der Waals surface area contributed by atoms with Gasteiger partial charge in [-0.2, -0.15) is 0 Å². The number of anilines is 1. The molecule has 1 unspecified atom stereocenters. The van der Waals surface area contributed by atoms with Crippen LogP contribution in [0, 0.1) is 5.92 Å². The van der Waals surface area contributed by atoms with Gasteiger partial charge < -0.3 is 20.3 Å². The highest BCUT2D eigenvalue weighted by Crippen LogP contribution is 2.26. The number of nitrogens with one attached hydrogen (secondary N) is 2. The molecule has 8 heteroatoms. The SMILES string of the molecule is COc1ccccc1NC(=O)C1CCN(C(=O)C(C)NC(=O)c2ccccc2Cl)CC1. The summed E-state index contributed by atoms with van der Waals surface area (Å²) in [7, 11) is 1.56. The summed E-state index contributed by atoms with van der Waals surface area (Å²) in [6.07, 6.45) is 1.11. The van der Waals surface area contributed by atoms with Crippen molar-refractivity contribution in [1.29, 1.82) is 0 Å². The number of likely N-dealkylation sites (tertiary alicyclic amines) is 1. The van der Waals surface area contributed by atoms with Gasteiger partial charge in [0.15, 0.2) is 0 Å². The lowest BCUT2D eigenvalue weighted by molar-refractivity contribution is -0.135. The molecule has 1 saturated heterocycles. The van der Waals surface area contributed by atoms with Crippen LogP contribution in [0.5, 0.6) is 5.75 Å². The van der Waals surface area contributed by atoms with Crippen molar-refractivity contribution < 1.29 is 19.1 Å². The van der Waals surface area contributed by atoms with Crippen LogP contribution < -0.4 is 15.4 Å². The molecule has 2 N–H and O–H groups in total. The van der Waals surface area contributed by atoms with Gasteiger partial charge in [-0.15, -0.1) is 0 Å². The van der Waals surface area contributed by atoms with Crippen LogP contribution in [-0.2, 0) is 9.59 Å². The van der Waals surface area contributed by atoms with E-state index in [1.165, 1.54) is 0 Å². The van der Waals surface area contributed by atoms with E-state index in [0.29, 0.717) is 48.0 Å². The summed E-state index contributed by atoms with van der Waals surface area (Å²) in [6.45, 7) is 2.56. The van der Waals surface area contributed by atoms with Gasteiger partial charge in [0.1, 0.15) is 11.8 Å². The van der Waals surface area contributed by atoms with Crippen LogP contribution in [0.25, 0.3) is 0 Å². The normalized spacial score (nSPS) is 15.1. The average Bonchev–Trinajstić information content (AvgIpc) is 2.79. The Bertz CT molecular complexity index is 957. The van der Waals surface area contributed by atoms with E-state index in [2.05, 4.69) is 10.6 Å². The summed E-state index contributed by atoms with van der Waals surface area (Å²) in [4.78, 5) is 39.5. The fraction of sp³-hybridized carbons (Fsp3) is 0.348. The number of piperidine rings is 1. The number of hydrogen-bond donors (Lipinski definition) is 2. The second kappa shape index (κ2) is 10.3. The smallest absolute Gasteiger partial charge is 0.253 e. The van der Waals surface area contributed by atoms with E-state index in [0.717, 1.165) is 0 Å². The molecule has 2 aromatic rings. The molecule has 1 fully saturated rings. The lowest BCUT2D eigenvalue weighted by Crippen LogP contribution is -2.50. The van der Waals surface area contributed by atoms with Crippen LogP contribution in [0.3, 0.4) is 0 Å². The number of amides is 3. The van der Waals surface area contributed by atoms with Crippen molar-refractivity contribution in [3.05, 3.63) is 59.1 Å². The number of methoxy groups -OCH3 is 1. The molecule has 164 valence electrons. The number of nitrogens with zero attached hydrogens (tertiary/aromatic N) is 1. The zero-order chi connectivity index (χ0) is 22.4. The van der Waals surface area contributed by atoms with Crippen LogP contribution in [0.15, 0.2) is 48.5 Å². The van der Waals surface area contributed by atoms with E-state index >= 15 is 0 Å². The average molecular weight is 444 g/mol. The Hall–Kier alpha value is -3.06. The Labute approximate surface area is 186 Å². The van der Waals surface area contributed by atoms with Crippen molar-refractivity contribution in [2.75, 3.05) is 25.5 Å². The first-order valence-corrected chi connectivity index (χ1v) is 10.6. The molecule has 1 aliphatic heterocycles. The van der Waals surface area contributed by atoms with E-state index in [1.54, 1.807) is 55.3 Å². The molecule has 1 heterocycles. The lowest BCUT2D eigenvalue weighted by atomic mass is 9.95. The van der Waals surface area contributed by atoms with Gasteiger partial charge in [0.05, 0.1) is 23.4 Å². The molecule has 0 aliphatic carbocycles. The molecule has 7 nitrogen and oxygen atoms in total. The quantitative estimate of drug-likeness (QED) is 0.716. The molecular formula is C23H26ClN3O4. The fourth-order valence-electron chi connectivity index (χ4n) is 3.60. The first-order chi connectivity index (χ1) is 14.9. The maximum absolute atomic E-state index is 12.8. The summed E-state index contributed by atoms with van der Waals surface area (Å²) in [5.74, 6) is -0.244. The van der Waals surface area contributed by atoms with Crippen molar-refractivity contribution in [1.82, 2.24) is 10.2 Å². The maximum Gasteiger partial charge on any atom is 0.253 e. The largest absolute Gasteiger partial charge is 0.495 e. The number of carbonyl (C=O) groups is 3. The predicted octanol–water partition coefficient (Wildman–Crippen LogP) is 3.34. The monoisotopic (exact) mass is 443 g/mol. The van der Waals surface area contributed by atoms with Gasteiger partial charge in [-0.1, -0.05) is 35.9 Å². The third-order valence-corrected chi connectivity index (χ3v) is 5.71. The van der Waals surface area contributed by atoms with Gasteiger partial charge >= 0.3 is 0 Å². The third-order valence-electron chi connectivity index (χ3n) is 5.38. The van der Waals surface area contributed by atoms with Gasteiger partial charge in [-0.05, 0) is 44.0 Å². The van der Waals surface area contributed by atoms with Crippen LogP contribution in [0.1, 0.15) is 30.1 Å². The van der Waals surface area contributed by atoms with Gasteiger partial charge in [-0.3, -0.25) is 14.4 Å². The molecule has 31 heavy (non-hydrogen) atoms. The number of carbonyl (C=O) groups excluding carboxylic acids is 3. The molecule has 0 spiro atoms. The van der Waals surface area contributed by atoms with E-state index in [-0.39, 0.29) is 17.7 Å². The minimum Gasteiger partial charge on any atom is -0.495 e. The Kier molecular flexibility index (Phi) is 7.52. The minimum atomic E-state index is -0.692. The van der Waals surface area contributed by atoms with Gasteiger partial charge in [0.25, 0.3) is 5.91 Å². The van der Waals surface area contributed by atoms with E-state index in [1.807, 2.05) is 12.1 Å². The van der Waals surface area contributed by atoms with Crippen molar-refractivity contribution in [2.45, 2.75) is 25.8 Å².